The fraction of sp³-hybridized carbons (Fsp3) is 0.258. The maximum atomic E-state index is 14.5. The Labute approximate surface area is 231 Å². The molecule has 0 aliphatic carbocycles. The number of rotatable bonds is 7. The summed E-state index contributed by atoms with van der Waals surface area (Å²) in [5.74, 6) is -0.592. The highest BCUT2D eigenvalue weighted by molar-refractivity contribution is 5.89. The summed E-state index contributed by atoms with van der Waals surface area (Å²) in [7, 11) is 1.58. The molecule has 0 atom stereocenters. The number of benzene rings is 1. The lowest BCUT2D eigenvalue weighted by molar-refractivity contribution is -0.0980. The highest BCUT2D eigenvalue weighted by Crippen LogP contribution is 2.32. The molecular weight excluding hydrogens is 498 g/mol. The topological polar surface area (TPSA) is 66.8 Å². The van der Waals surface area contributed by atoms with Crippen LogP contribution >= 0.6 is 0 Å². The minimum Gasteiger partial charge on any atom is -0.478 e. The Morgan fingerprint density at radius 1 is 1.18 bits per heavy atom. The number of halogens is 2. The zero-order valence-corrected chi connectivity index (χ0v) is 23.9. The summed E-state index contributed by atoms with van der Waals surface area (Å²) in [4.78, 5) is 18.1. The van der Waals surface area contributed by atoms with Gasteiger partial charge in [0.2, 0.25) is 5.88 Å². The van der Waals surface area contributed by atoms with Gasteiger partial charge in [-0.2, -0.15) is 0 Å². The molecule has 2 aromatic rings. The summed E-state index contributed by atoms with van der Waals surface area (Å²) < 4.78 is 33.9. The maximum absolute atomic E-state index is 14.5. The van der Waals surface area contributed by atoms with E-state index in [1.165, 1.54) is 17.7 Å². The Hall–Kier alpha value is -4.33. The molecule has 0 fully saturated rings. The van der Waals surface area contributed by atoms with Crippen LogP contribution in [0.1, 0.15) is 43.9 Å². The lowest BCUT2D eigenvalue weighted by Crippen LogP contribution is -2.17. The van der Waals surface area contributed by atoms with Crippen molar-refractivity contribution in [2.75, 3.05) is 19.0 Å². The van der Waals surface area contributed by atoms with E-state index in [1.807, 2.05) is 47.6 Å². The SMILES string of the molecule is C=C.C=CN1C=C(c2c(F)ccc(NC)c2F)N=C/C1=C(/C)C(=C)CC.C=O.CCOc1ncc(C)cc1C. The number of aromatic nitrogens is 1. The maximum Gasteiger partial charge on any atom is 0.216 e. The molecule has 0 saturated heterocycles. The van der Waals surface area contributed by atoms with Gasteiger partial charge >= 0.3 is 0 Å². The van der Waals surface area contributed by atoms with E-state index in [0.717, 1.165) is 34.7 Å². The van der Waals surface area contributed by atoms with Gasteiger partial charge in [0.25, 0.3) is 0 Å². The molecule has 0 amide bonds. The summed E-state index contributed by atoms with van der Waals surface area (Å²) in [6.45, 7) is 26.4. The molecule has 1 N–H and O–H groups in total. The number of hydrogen-bond donors (Lipinski definition) is 1. The third-order valence-electron chi connectivity index (χ3n) is 5.47. The molecule has 8 heteroatoms. The van der Waals surface area contributed by atoms with Crippen LogP contribution in [0.5, 0.6) is 5.88 Å². The average molecular weight is 539 g/mol. The molecule has 0 saturated carbocycles. The highest BCUT2D eigenvalue weighted by atomic mass is 19.1. The van der Waals surface area contributed by atoms with E-state index < -0.39 is 11.6 Å². The molecule has 3 rings (SSSR count). The molecule has 210 valence electrons. The van der Waals surface area contributed by atoms with Crippen molar-refractivity contribution in [2.24, 2.45) is 4.99 Å². The molecule has 1 aliphatic heterocycles. The van der Waals surface area contributed by atoms with Crippen LogP contribution in [0.3, 0.4) is 0 Å². The van der Waals surface area contributed by atoms with Crippen LogP contribution in [-0.4, -0.2) is 36.5 Å². The molecule has 0 bridgehead atoms. The van der Waals surface area contributed by atoms with E-state index in [4.69, 9.17) is 9.53 Å². The number of aryl methyl sites for hydroxylation is 2. The van der Waals surface area contributed by atoms with Crippen LogP contribution in [0.25, 0.3) is 5.70 Å². The van der Waals surface area contributed by atoms with Crippen LogP contribution in [0.4, 0.5) is 14.5 Å². The van der Waals surface area contributed by atoms with Crippen molar-refractivity contribution in [3.05, 3.63) is 108 Å². The van der Waals surface area contributed by atoms with Gasteiger partial charge in [-0.3, -0.25) is 4.99 Å². The average Bonchev–Trinajstić information content (AvgIpc) is 2.96. The largest absolute Gasteiger partial charge is 0.478 e. The smallest absolute Gasteiger partial charge is 0.216 e. The van der Waals surface area contributed by atoms with Crippen LogP contribution in [0.2, 0.25) is 0 Å². The van der Waals surface area contributed by atoms with E-state index in [1.54, 1.807) is 30.6 Å². The van der Waals surface area contributed by atoms with Crippen LogP contribution in [0.15, 0.2) is 84.9 Å². The van der Waals surface area contributed by atoms with Crippen molar-refractivity contribution in [3.63, 3.8) is 0 Å². The lowest BCUT2D eigenvalue weighted by Gasteiger charge is -2.24. The molecule has 0 radical (unpaired) electrons. The summed E-state index contributed by atoms with van der Waals surface area (Å²) in [5.41, 5.74) is 5.22. The van der Waals surface area contributed by atoms with E-state index in [9.17, 15) is 8.78 Å². The monoisotopic (exact) mass is 538 g/mol. The van der Waals surface area contributed by atoms with Crippen LogP contribution < -0.4 is 10.1 Å². The summed E-state index contributed by atoms with van der Waals surface area (Å²) in [6.07, 6.45) is 7.34. The quantitative estimate of drug-likeness (QED) is 0.365. The van der Waals surface area contributed by atoms with Gasteiger partial charge in [0, 0.05) is 31.2 Å². The minimum absolute atomic E-state index is 0.170. The van der Waals surface area contributed by atoms with Gasteiger partial charge in [-0.1, -0.05) is 25.7 Å². The minimum atomic E-state index is -0.674. The van der Waals surface area contributed by atoms with Gasteiger partial charge in [0.15, 0.2) is 5.82 Å². The van der Waals surface area contributed by atoms with E-state index in [-0.39, 0.29) is 16.9 Å². The third-order valence-corrected chi connectivity index (χ3v) is 5.47. The van der Waals surface area contributed by atoms with Crippen molar-refractivity contribution in [1.82, 2.24) is 9.88 Å². The Bertz CT molecular complexity index is 1220. The number of carbonyl (C=O) groups excluding carboxylic acids is 1. The number of hydrogen-bond acceptors (Lipinski definition) is 6. The Morgan fingerprint density at radius 2 is 1.82 bits per heavy atom. The Balaban J connectivity index is 0.000000803. The molecule has 1 aromatic carbocycles. The van der Waals surface area contributed by atoms with Crippen molar-refractivity contribution in [2.45, 2.75) is 41.0 Å². The first-order valence-electron chi connectivity index (χ1n) is 12.2. The summed E-state index contributed by atoms with van der Waals surface area (Å²) >= 11 is 0. The van der Waals surface area contributed by atoms with Gasteiger partial charge < -0.3 is 19.7 Å². The first kappa shape index (κ1) is 34.7. The number of ether oxygens (including phenoxy) is 1. The van der Waals surface area contributed by atoms with E-state index in [2.05, 4.69) is 47.7 Å². The molecule has 1 aromatic heterocycles. The predicted molar refractivity (Wildman–Crippen MR) is 160 cm³/mol. The first-order chi connectivity index (χ1) is 18.7. The fourth-order valence-electron chi connectivity index (χ4n) is 3.42. The standard InChI is InChI=1S/C19H21F2N3.C9H13NO.C2H4.CH2O/c1-6-12(3)13(4)17-10-23-16(11-24(17)7-2)18-14(20)8-9-15(22-5)19(18)21;1-4-11-9-8(3)5-7(2)6-10-9;2*1-2/h7-11,22H,2-3,6H2,1,4-5H3;5-6H,4H2,1-3H3;1-2H2;1H2/b17-13+;;;. The zero-order chi connectivity index (χ0) is 30.1. The second-order valence-corrected chi connectivity index (χ2v) is 7.93. The van der Waals surface area contributed by atoms with Crippen LogP contribution in [0, 0.1) is 25.5 Å². The number of nitrogens with one attached hydrogen (secondary N) is 1. The van der Waals surface area contributed by atoms with Crippen molar-refractivity contribution < 1.29 is 18.3 Å². The van der Waals surface area contributed by atoms with Gasteiger partial charge in [0.05, 0.1) is 35.5 Å². The molecule has 39 heavy (non-hydrogen) atoms. The van der Waals surface area contributed by atoms with Gasteiger partial charge in [-0.25, -0.2) is 13.8 Å². The fourth-order valence-corrected chi connectivity index (χ4v) is 3.42. The highest BCUT2D eigenvalue weighted by Gasteiger charge is 2.21. The van der Waals surface area contributed by atoms with Gasteiger partial charge in [-0.15, -0.1) is 13.2 Å². The van der Waals surface area contributed by atoms with E-state index in [0.29, 0.717) is 6.61 Å². The van der Waals surface area contributed by atoms with E-state index >= 15 is 0 Å². The third kappa shape index (κ3) is 9.48. The molecule has 6 nitrogen and oxygen atoms in total. The second kappa shape index (κ2) is 18.0. The zero-order valence-electron chi connectivity index (χ0n) is 23.9. The Morgan fingerprint density at radius 3 is 2.33 bits per heavy atom. The number of allylic oxidation sites excluding steroid dienone is 3. The Kier molecular flexibility index (Phi) is 16.0. The number of carbonyl (C=O) groups is 1. The second-order valence-electron chi connectivity index (χ2n) is 7.93. The summed E-state index contributed by atoms with van der Waals surface area (Å²) in [5, 5.41) is 2.70. The lowest BCUT2D eigenvalue weighted by atomic mass is 10.0. The number of pyridine rings is 1. The molecule has 2 heterocycles. The number of aliphatic imine (C=N–C) groups is 1. The number of anilines is 1. The number of nitrogens with zero attached hydrogens (tertiary/aromatic N) is 3. The van der Waals surface area contributed by atoms with Crippen molar-refractivity contribution >= 4 is 24.4 Å². The molecule has 0 unspecified atom stereocenters. The van der Waals surface area contributed by atoms with Crippen molar-refractivity contribution in [3.8, 4) is 5.88 Å². The normalized spacial score (nSPS) is 12.7. The molecule has 0 spiro atoms. The first-order valence-corrected chi connectivity index (χ1v) is 12.2. The van der Waals surface area contributed by atoms with Crippen LogP contribution in [-0.2, 0) is 4.79 Å². The van der Waals surface area contributed by atoms with Crippen molar-refractivity contribution in [1.29, 1.82) is 0 Å². The molecular formula is C31H40F2N4O2. The summed E-state index contributed by atoms with van der Waals surface area (Å²) in [6, 6.07) is 4.64. The molecule has 1 aliphatic rings. The van der Waals surface area contributed by atoms with Gasteiger partial charge in [0.1, 0.15) is 12.6 Å². The predicted octanol–water partition coefficient (Wildman–Crippen LogP) is 7.79. The van der Waals surface area contributed by atoms with Gasteiger partial charge in [-0.05, 0) is 63.5 Å².